The number of amides is 1. The lowest BCUT2D eigenvalue weighted by Gasteiger charge is -2.43. The lowest BCUT2D eigenvalue weighted by Crippen LogP contribution is -2.49. The molecule has 0 bridgehead atoms. The molecule has 1 aliphatic heterocycles. The number of carbonyl (C=O) groups excluding carboxylic acids is 1. The van der Waals surface area contributed by atoms with E-state index in [-0.39, 0.29) is 18.2 Å². The fraction of sp³-hybridized carbons (Fsp3) is 0.429. The number of carbonyl (C=O) groups is 1. The minimum absolute atomic E-state index is 0.0395. The zero-order valence-electron chi connectivity index (χ0n) is 21.0. The SMILES string of the molecule is CC1CC1.CCNC(CC)ON=C(C)C=C1C(=O)N(c2ccc(OC)cc2)C1c1ccccc1. The van der Waals surface area contributed by atoms with E-state index >= 15 is 0 Å². The van der Waals surface area contributed by atoms with Crippen molar-refractivity contribution in [3.63, 3.8) is 0 Å². The Morgan fingerprint density at radius 1 is 1.15 bits per heavy atom. The maximum atomic E-state index is 13.1. The number of hydrogen-bond donors (Lipinski definition) is 1. The van der Waals surface area contributed by atoms with Crippen LogP contribution < -0.4 is 15.0 Å². The van der Waals surface area contributed by atoms with Gasteiger partial charge in [0.15, 0.2) is 6.23 Å². The van der Waals surface area contributed by atoms with Crippen molar-refractivity contribution in [2.24, 2.45) is 11.1 Å². The summed E-state index contributed by atoms with van der Waals surface area (Å²) < 4.78 is 5.24. The average Bonchev–Trinajstić information content (AvgIpc) is 3.66. The second kappa shape index (κ2) is 12.4. The van der Waals surface area contributed by atoms with Gasteiger partial charge in [0.05, 0.1) is 18.9 Å². The molecule has 2 fully saturated rings. The molecule has 1 aliphatic carbocycles. The van der Waals surface area contributed by atoms with Gasteiger partial charge in [-0.25, -0.2) is 0 Å². The van der Waals surface area contributed by atoms with Crippen LogP contribution in [0.5, 0.6) is 5.75 Å². The number of ether oxygens (including phenoxy) is 1. The quantitative estimate of drug-likeness (QED) is 0.166. The number of rotatable bonds is 9. The van der Waals surface area contributed by atoms with Gasteiger partial charge in [0.1, 0.15) is 5.75 Å². The number of nitrogens with zero attached hydrogens (tertiary/aromatic N) is 2. The van der Waals surface area contributed by atoms with E-state index in [1.807, 2.05) is 81.4 Å². The lowest BCUT2D eigenvalue weighted by atomic mass is 9.86. The number of β-lactam (4-membered cyclic amide) rings is 1. The summed E-state index contributed by atoms with van der Waals surface area (Å²) in [5.74, 6) is 1.80. The Morgan fingerprint density at radius 2 is 1.79 bits per heavy atom. The summed E-state index contributed by atoms with van der Waals surface area (Å²) in [4.78, 5) is 20.4. The van der Waals surface area contributed by atoms with Gasteiger partial charge in [0, 0.05) is 11.3 Å². The zero-order chi connectivity index (χ0) is 24.5. The molecular formula is C28H37N3O3. The normalized spacial score (nSPS) is 19.7. The molecule has 6 heteroatoms. The van der Waals surface area contributed by atoms with Crippen molar-refractivity contribution < 1.29 is 14.4 Å². The molecule has 6 nitrogen and oxygen atoms in total. The maximum absolute atomic E-state index is 13.1. The molecule has 1 amide bonds. The molecule has 2 unspecified atom stereocenters. The van der Waals surface area contributed by atoms with E-state index in [1.165, 1.54) is 12.8 Å². The summed E-state index contributed by atoms with van der Waals surface area (Å²) in [6.45, 7) is 8.98. The highest BCUT2D eigenvalue weighted by Crippen LogP contribution is 2.43. The maximum Gasteiger partial charge on any atom is 0.257 e. The molecule has 1 saturated carbocycles. The summed E-state index contributed by atoms with van der Waals surface area (Å²) >= 11 is 0. The van der Waals surface area contributed by atoms with Crippen molar-refractivity contribution in [1.29, 1.82) is 0 Å². The lowest BCUT2D eigenvalue weighted by molar-refractivity contribution is -0.119. The number of hydrogen-bond acceptors (Lipinski definition) is 5. The molecule has 0 radical (unpaired) electrons. The molecule has 1 saturated heterocycles. The molecule has 34 heavy (non-hydrogen) atoms. The first-order valence-electron chi connectivity index (χ1n) is 12.2. The number of allylic oxidation sites excluding steroid dienone is 1. The second-order valence-electron chi connectivity index (χ2n) is 8.76. The fourth-order valence-electron chi connectivity index (χ4n) is 3.61. The predicted molar refractivity (Wildman–Crippen MR) is 138 cm³/mol. The van der Waals surface area contributed by atoms with Crippen LogP contribution in [0.15, 0.2) is 71.4 Å². The first-order chi connectivity index (χ1) is 16.5. The Balaban J connectivity index is 0.000000732. The Kier molecular flexibility index (Phi) is 9.28. The molecule has 1 N–H and O–H groups in total. The Morgan fingerprint density at radius 3 is 2.32 bits per heavy atom. The van der Waals surface area contributed by atoms with Crippen LogP contribution in [0.1, 0.15) is 58.6 Å². The van der Waals surface area contributed by atoms with E-state index in [0.717, 1.165) is 35.9 Å². The van der Waals surface area contributed by atoms with Gasteiger partial charge in [0.25, 0.3) is 5.91 Å². The average molecular weight is 464 g/mol. The molecule has 0 spiro atoms. The number of benzene rings is 2. The fourth-order valence-corrected chi connectivity index (χ4v) is 3.61. The van der Waals surface area contributed by atoms with E-state index in [1.54, 1.807) is 12.0 Å². The topological polar surface area (TPSA) is 63.2 Å². The number of oxime groups is 1. The van der Waals surface area contributed by atoms with E-state index in [4.69, 9.17) is 9.57 Å². The monoisotopic (exact) mass is 463 g/mol. The third-order valence-electron chi connectivity index (χ3n) is 5.84. The van der Waals surface area contributed by atoms with Crippen LogP contribution in [-0.4, -0.2) is 31.5 Å². The van der Waals surface area contributed by atoms with Crippen molar-refractivity contribution >= 4 is 17.3 Å². The Bertz CT molecular complexity index is 982. The third kappa shape index (κ3) is 6.70. The predicted octanol–water partition coefficient (Wildman–Crippen LogP) is 5.86. The minimum atomic E-state index is -0.173. The Hall–Kier alpha value is -3.12. The molecule has 2 aromatic carbocycles. The minimum Gasteiger partial charge on any atom is -0.497 e. The molecule has 2 aliphatic rings. The van der Waals surface area contributed by atoms with Gasteiger partial charge in [-0.1, -0.05) is 69.1 Å². The molecule has 182 valence electrons. The second-order valence-corrected chi connectivity index (χ2v) is 8.76. The standard InChI is InChI=1S/C24H29N3O3.C4H8/c1-5-22(25-6-2)30-26-17(3)16-21-23(18-10-8-7-9-11-18)27(24(21)28)19-12-14-20(29-4)15-13-19;1-4-2-3-4/h7-16,22-23,25H,5-6H2,1-4H3;4H,2-3H2,1H3. The van der Waals surface area contributed by atoms with E-state index in [9.17, 15) is 4.79 Å². The first-order valence-corrected chi connectivity index (χ1v) is 12.2. The van der Waals surface area contributed by atoms with E-state index in [2.05, 4.69) is 17.4 Å². The first kappa shape index (κ1) is 25.5. The molecule has 1 heterocycles. The van der Waals surface area contributed by atoms with Crippen LogP contribution in [0.2, 0.25) is 0 Å². The van der Waals surface area contributed by atoms with Crippen molar-refractivity contribution in [2.45, 2.75) is 59.2 Å². The van der Waals surface area contributed by atoms with Crippen LogP contribution >= 0.6 is 0 Å². The highest BCUT2D eigenvalue weighted by Gasteiger charge is 2.43. The van der Waals surface area contributed by atoms with Gasteiger partial charge < -0.3 is 9.57 Å². The summed E-state index contributed by atoms with van der Waals surface area (Å²) in [6.07, 6.45) is 5.46. The van der Waals surface area contributed by atoms with Gasteiger partial charge in [-0.3, -0.25) is 15.0 Å². The van der Waals surface area contributed by atoms with Crippen molar-refractivity contribution in [2.75, 3.05) is 18.6 Å². The highest BCUT2D eigenvalue weighted by molar-refractivity contribution is 6.18. The van der Waals surface area contributed by atoms with Crippen LogP contribution in [0, 0.1) is 5.92 Å². The number of methoxy groups -OCH3 is 1. The number of anilines is 1. The van der Waals surface area contributed by atoms with Gasteiger partial charge in [-0.15, -0.1) is 0 Å². The summed E-state index contributed by atoms with van der Waals surface area (Å²) in [7, 11) is 1.63. The van der Waals surface area contributed by atoms with Gasteiger partial charge >= 0.3 is 0 Å². The summed E-state index contributed by atoms with van der Waals surface area (Å²) in [5.41, 5.74) is 3.23. The van der Waals surface area contributed by atoms with Gasteiger partial charge in [-0.2, -0.15) is 0 Å². The molecule has 4 rings (SSSR count). The van der Waals surface area contributed by atoms with Crippen LogP contribution in [0.3, 0.4) is 0 Å². The van der Waals surface area contributed by atoms with Crippen molar-refractivity contribution in [3.8, 4) is 5.75 Å². The van der Waals surface area contributed by atoms with Crippen molar-refractivity contribution in [3.05, 3.63) is 71.8 Å². The zero-order valence-corrected chi connectivity index (χ0v) is 21.0. The van der Waals surface area contributed by atoms with Crippen molar-refractivity contribution in [1.82, 2.24) is 5.32 Å². The summed E-state index contributed by atoms with van der Waals surface area (Å²) in [5, 5.41) is 7.42. The van der Waals surface area contributed by atoms with Crippen LogP contribution in [0.25, 0.3) is 0 Å². The van der Waals surface area contributed by atoms with Gasteiger partial charge in [0.2, 0.25) is 0 Å². The van der Waals surface area contributed by atoms with Crippen LogP contribution in [0.4, 0.5) is 5.69 Å². The molecular weight excluding hydrogens is 426 g/mol. The highest BCUT2D eigenvalue weighted by atomic mass is 16.6. The van der Waals surface area contributed by atoms with Crippen LogP contribution in [-0.2, 0) is 9.63 Å². The Labute approximate surface area is 203 Å². The number of nitrogens with one attached hydrogen (secondary N) is 1. The van der Waals surface area contributed by atoms with Gasteiger partial charge in [-0.05, 0) is 61.7 Å². The third-order valence-corrected chi connectivity index (χ3v) is 5.84. The molecule has 0 aromatic heterocycles. The smallest absolute Gasteiger partial charge is 0.257 e. The molecule has 2 aromatic rings. The molecule has 2 atom stereocenters. The summed E-state index contributed by atoms with van der Waals surface area (Å²) in [6, 6.07) is 17.3. The van der Waals surface area contributed by atoms with E-state index < -0.39 is 0 Å². The van der Waals surface area contributed by atoms with E-state index in [0.29, 0.717) is 11.3 Å². The largest absolute Gasteiger partial charge is 0.497 e.